The van der Waals surface area contributed by atoms with Crippen LogP contribution in [0.15, 0.2) is 46.8 Å². The van der Waals surface area contributed by atoms with Gasteiger partial charge in [-0.1, -0.05) is 42.8 Å². The molecule has 1 aromatic heterocycles. The summed E-state index contributed by atoms with van der Waals surface area (Å²) in [6.07, 6.45) is 2.46. The maximum atomic E-state index is 6.13. The fraction of sp³-hybridized carbons (Fsp3) is 0.500. The van der Waals surface area contributed by atoms with Crippen molar-refractivity contribution >= 4 is 17.3 Å². The van der Waals surface area contributed by atoms with Crippen LogP contribution in [0.3, 0.4) is 0 Å². The zero-order valence-electron chi connectivity index (χ0n) is 16.6. The monoisotopic (exact) mass is 385 g/mol. The van der Waals surface area contributed by atoms with Gasteiger partial charge in [-0.3, -0.25) is 4.99 Å². The first-order chi connectivity index (χ1) is 13.2. The smallest absolute Gasteiger partial charge is 0.191 e. The Kier molecular flexibility index (Phi) is 7.30. The van der Waals surface area contributed by atoms with E-state index in [4.69, 9.17) is 4.74 Å². The maximum absolute atomic E-state index is 6.13. The predicted molar refractivity (Wildman–Crippen MR) is 115 cm³/mol. The van der Waals surface area contributed by atoms with Gasteiger partial charge in [-0.05, 0) is 36.8 Å². The Hall–Kier alpha value is -1.85. The average Bonchev–Trinajstić information content (AvgIpc) is 3.24. The number of hydrogen-bond donors (Lipinski definition) is 2. The van der Waals surface area contributed by atoms with Gasteiger partial charge in [0, 0.05) is 43.5 Å². The van der Waals surface area contributed by atoms with Crippen LogP contribution in [-0.2, 0) is 4.74 Å². The first-order valence-corrected chi connectivity index (χ1v) is 10.7. The molecule has 3 unspecified atom stereocenters. The van der Waals surface area contributed by atoms with Crippen molar-refractivity contribution in [3.05, 3.63) is 57.8 Å². The lowest BCUT2D eigenvalue weighted by atomic mass is 9.89. The van der Waals surface area contributed by atoms with Crippen LogP contribution in [0.2, 0.25) is 0 Å². The molecule has 1 aliphatic rings. The molecule has 0 bridgehead atoms. The molecule has 3 rings (SSSR count). The van der Waals surface area contributed by atoms with Gasteiger partial charge in [-0.2, -0.15) is 0 Å². The largest absolute Gasteiger partial charge is 0.373 e. The standard InChI is InChI=1S/C22H31N3OS/c1-16-8-10-18(11-9-16)21-19(6-4-12-26-21)15-25-22(23-3)24-14-17(2)20-7-5-13-27-20/h5,7-11,13,17,19,21H,4,6,12,14-15H2,1-3H3,(H2,23,24,25). The van der Waals surface area contributed by atoms with Gasteiger partial charge in [-0.15, -0.1) is 11.3 Å². The highest BCUT2D eigenvalue weighted by Gasteiger charge is 2.27. The third-order valence-corrected chi connectivity index (χ3v) is 6.31. The molecule has 27 heavy (non-hydrogen) atoms. The van der Waals surface area contributed by atoms with Crippen LogP contribution in [0, 0.1) is 12.8 Å². The van der Waals surface area contributed by atoms with Crippen molar-refractivity contribution in [2.45, 2.75) is 38.7 Å². The summed E-state index contributed by atoms with van der Waals surface area (Å²) in [7, 11) is 1.83. The van der Waals surface area contributed by atoms with Gasteiger partial charge >= 0.3 is 0 Å². The third kappa shape index (κ3) is 5.56. The fourth-order valence-corrected chi connectivity index (χ4v) is 4.33. The summed E-state index contributed by atoms with van der Waals surface area (Å²) in [6, 6.07) is 13.0. The van der Waals surface area contributed by atoms with Crippen molar-refractivity contribution < 1.29 is 4.74 Å². The number of guanidine groups is 1. The van der Waals surface area contributed by atoms with Gasteiger partial charge in [0.15, 0.2) is 5.96 Å². The van der Waals surface area contributed by atoms with E-state index in [1.807, 2.05) is 18.4 Å². The molecule has 3 atom stereocenters. The minimum absolute atomic E-state index is 0.162. The van der Waals surface area contributed by atoms with Gasteiger partial charge < -0.3 is 15.4 Å². The van der Waals surface area contributed by atoms with E-state index in [9.17, 15) is 0 Å². The molecule has 146 valence electrons. The maximum Gasteiger partial charge on any atom is 0.191 e. The van der Waals surface area contributed by atoms with Crippen LogP contribution < -0.4 is 10.6 Å². The molecule has 0 spiro atoms. The van der Waals surface area contributed by atoms with E-state index in [0.717, 1.165) is 32.1 Å². The number of thiophene rings is 1. The van der Waals surface area contributed by atoms with Crippen LogP contribution in [0.5, 0.6) is 0 Å². The Morgan fingerprint density at radius 3 is 2.78 bits per heavy atom. The van der Waals surface area contributed by atoms with Crippen LogP contribution in [0.4, 0.5) is 0 Å². The van der Waals surface area contributed by atoms with Gasteiger partial charge in [0.1, 0.15) is 0 Å². The summed E-state index contributed by atoms with van der Waals surface area (Å²) >= 11 is 1.81. The Balaban J connectivity index is 1.53. The molecule has 1 aromatic carbocycles. The van der Waals surface area contributed by atoms with Crippen LogP contribution >= 0.6 is 11.3 Å². The number of nitrogens with zero attached hydrogens (tertiary/aromatic N) is 1. The Morgan fingerprint density at radius 1 is 1.26 bits per heavy atom. The summed E-state index contributed by atoms with van der Waals surface area (Å²) < 4.78 is 6.13. The Bertz CT molecular complexity index is 712. The van der Waals surface area contributed by atoms with Crippen molar-refractivity contribution in [2.24, 2.45) is 10.9 Å². The van der Waals surface area contributed by atoms with Crippen molar-refractivity contribution in [1.82, 2.24) is 10.6 Å². The highest BCUT2D eigenvalue weighted by molar-refractivity contribution is 7.10. The summed E-state index contributed by atoms with van der Waals surface area (Å²) in [6.45, 7) is 6.96. The molecule has 1 saturated heterocycles. The van der Waals surface area contributed by atoms with Crippen molar-refractivity contribution in [3.8, 4) is 0 Å². The van der Waals surface area contributed by atoms with E-state index >= 15 is 0 Å². The zero-order valence-corrected chi connectivity index (χ0v) is 17.4. The van der Waals surface area contributed by atoms with Gasteiger partial charge in [0.05, 0.1) is 6.10 Å². The number of ether oxygens (including phenoxy) is 1. The number of nitrogens with one attached hydrogen (secondary N) is 2. The number of benzene rings is 1. The molecular formula is C22H31N3OS. The second-order valence-electron chi connectivity index (χ2n) is 7.35. The third-order valence-electron chi connectivity index (χ3n) is 5.21. The zero-order chi connectivity index (χ0) is 19.1. The van der Waals surface area contributed by atoms with E-state index in [1.54, 1.807) is 0 Å². The Labute approximate surface area is 167 Å². The lowest BCUT2D eigenvalue weighted by Gasteiger charge is -2.32. The van der Waals surface area contributed by atoms with Gasteiger partial charge in [-0.25, -0.2) is 0 Å². The predicted octanol–water partition coefficient (Wildman–Crippen LogP) is 4.49. The summed E-state index contributed by atoms with van der Waals surface area (Å²) in [5.41, 5.74) is 2.56. The second-order valence-corrected chi connectivity index (χ2v) is 8.33. The van der Waals surface area contributed by atoms with Crippen molar-refractivity contribution in [2.75, 3.05) is 26.7 Å². The molecule has 0 saturated carbocycles. The molecule has 4 nitrogen and oxygen atoms in total. The Morgan fingerprint density at radius 2 is 2.07 bits per heavy atom. The quantitative estimate of drug-likeness (QED) is 0.569. The number of hydrogen-bond acceptors (Lipinski definition) is 3. The molecule has 1 fully saturated rings. The van der Waals surface area contributed by atoms with Crippen molar-refractivity contribution in [3.63, 3.8) is 0 Å². The first-order valence-electron chi connectivity index (χ1n) is 9.83. The molecule has 0 aliphatic carbocycles. The summed E-state index contributed by atoms with van der Waals surface area (Å²) in [4.78, 5) is 5.79. The molecule has 0 radical (unpaired) electrons. The second kappa shape index (κ2) is 9.90. The molecule has 2 aromatic rings. The van der Waals surface area contributed by atoms with Gasteiger partial charge in [0.25, 0.3) is 0 Å². The normalized spacial score (nSPS) is 21.7. The van der Waals surface area contributed by atoms with Crippen LogP contribution in [0.1, 0.15) is 47.8 Å². The molecule has 5 heteroatoms. The average molecular weight is 386 g/mol. The lowest BCUT2D eigenvalue weighted by molar-refractivity contribution is -0.0265. The number of aryl methyl sites for hydroxylation is 1. The van der Waals surface area contributed by atoms with E-state index in [2.05, 4.69) is 71.3 Å². The topological polar surface area (TPSA) is 45.7 Å². The van der Waals surface area contributed by atoms with Crippen LogP contribution in [0.25, 0.3) is 0 Å². The molecular weight excluding hydrogens is 354 g/mol. The number of rotatable bonds is 6. The molecule has 2 heterocycles. The van der Waals surface area contributed by atoms with Crippen molar-refractivity contribution in [1.29, 1.82) is 0 Å². The molecule has 2 N–H and O–H groups in total. The SMILES string of the molecule is CN=C(NCC(C)c1cccs1)NCC1CCCOC1c1ccc(C)cc1. The van der Waals surface area contributed by atoms with E-state index in [-0.39, 0.29) is 6.10 Å². The minimum Gasteiger partial charge on any atom is -0.373 e. The fourth-order valence-electron chi connectivity index (χ4n) is 3.55. The highest BCUT2D eigenvalue weighted by atomic mass is 32.1. The molecule has 1 aliphatic heterocycles. The van der Waals surface area contributed by atoms with Crippen LogP contribution in [-0.4, -0.2) is 32.7 Å². The van der Waals surface area contributed by atoms with E-state index < -0.39 is 0 Å². The van der Waals surface area contributed by atoms with Gasteiger partial charge in [0.2, 0.25) is 0 Å². The first kappa shape index (κ1) is 19.9. The summed E-state index contributed by atoms with van der Waals surface area (Å²) in [5, 5.41) is 9.11. The number of aliphatic imine (C=N–C) groups is 1. The highest BCUT2D eigenvalue weighted by Crippen LogP contribution is 2.33. The lowest BCUT2D eigenvalue weighted by Crippen LogP contribution is -2.42. The minimum atomic E-state index is 0.162. The molecule has 0 amide bonds. The summed E-state index contributed by atoms with van der Waals surface area (Å²) in [5.74, 6) is 1.79. The van der Waals surface area contributed by atoms with E-state index in [0.29, 0.717) is 11.8 Å². The van der Waals surface area contributed by atoms with E-state index in [1.165, 1.54) is 22.4 Å².